The Kier molecular flexibility index (Phi) is 4.93. The van der Waals surface area contributed by atoms with Crippen molar-refractivity contribution in [1.82, 2.24) is 4.98 Å². The molecule has 0 saturated carbocycles. The van der Waals surface area contributed by atoms with Crippen LogP contribution in [0.3, 0.4) is 0 Å². The molecular weight excluding hydrogens is 236 g/mol. The fourth-order valence-electron chi connectivity index (χ4n) is 2.17. The predicted molar refractivity (Wildman–Crippen MR) is 77.3 cm³/mol. The summed E-state index contributed by atoms with van der Waals surface area (Å²) in [4.78, 5) is 4.22. The molecule has 3 heteroatoms. The molecule has 1 atom stereocenters. The summed E-state index contributed by atoms with van der Waals surface area (Å²) in [6.07, 6.45) is 4.51. The van der Waals surface area contributed by atoms with Crippen LogP contribution >= 0.6 is 0 Å². The average Bonchev–Trinajstić information content (AvgIpc) is 2.46. The van der Waals surface area contributed by atoms with Gasteiger partial charge in [-0.15, -0.1) is 0 Å². The Labute approximate surface area is 114 Å². The van der Waals surface area contributed by atoms with Gasteiger partial charge in [0.2, 0.25) is 0 Å². The standard InChI is InChI=1S/C16H20N2O/c1-2-19-16-9-13(11-18-12-16)8-15(10-17)14-6-4-3-5-7-14/h3-7,9,11-12,15H,2,8,10,17H2,1H3. The van der Waals surface area contributed by atoms with Crippen molar-refractivity contribution in [2.24, 2.45) is 5.73 Å². The first-order chi connectivity index (χ1) is 9.33. The molecule has 3 nitrogen and oxygen atoms in total. The zero-order valence-corrected chi connectivity index (χ0v) is 11.3. The van der Waals surface area contributed by atoms with Crippen LogP contribution in [0, 0.1) is 0 Å². The minimum Gasteiger partial charge on any atom is -0.492 e. The van der Waals surface area contributed by atoms with Gasteiger partial charge >= 0.3 is 0 Å². The van der Waals surface area contributed by atoms with Crippen LogP contribution in [0.5, 0.6) is 5.75 Å². The first kappa shape index (κ1) is 13.6. The molecule has 1 heterocycles. The maximum absolute atomic E-state index is 5.90. The third kappa shape index (κ3) is 3.80. The molecule has 0 fully saturated rings. The molecule has 100 valence electrons. The number of hydrogen-bond donors (Lipinski definition) is 1. The van der Waals surface area contributed by atoms with Gasteiger partial charge in [-0.05, 0) is 37.1 Å². The summed E-state index contributed by atoms with van der Waals surface area (Å²) in [6, 6.07) is 12.4. The Morgan fingerprint density at radius 2 is 2.00 bits per heavy atom. The van der Waals surface area contributed by atoms with Gasteiger partial charge in [-0.1, -0.05) is 30.3 Å². The van der Waals surface area contributed by atoms with Crippen molar-refractivity contribution < 1.29 is 4.74 Å². The minimum absolute atomic E-state index is 0.319. The second-order valence-corrected chi connectivity index (χ2v) is 4.51. The molecule has 0 aliphatic carbocycles. The highest BCUT2D eigenvalue weighted by atomic mass is 16.5. The largest absolute Gasteiger partial charge is 0.492 e. The number of hydrogen-bond acceptors (Lipinski definition) is 3. The summed E-state index contributed by atoms with van der Waals surface area (Å²) >= 11 is 0. The van der Waals surface area contributed by atoms with Crippen LogP contribution in [0.15, 0.2) is 48.8 Å². The number of nitrogens with two attached hydrogens (primary N) is 1. The molecule has 2 N–H and O–H groups in total. The van der Waals surface area contributed by atoms with Gasteiger partial charge < -0.3 is 10.5 Å². The average molecular weight is 256 g/mol. The molecule has 1 unspecified atom stereocenters. The van der Waals surface area contributed by atoms with Crippen LogP contribution < -0.4 is 10.5 Å². The molecule has 0 aliphatic heterocycles. The molecule has 1 aromatic heterocycles. The SMILES string of the molecule is CCOc1cncc(CC(CN)c2ccccc2)c1. The molecular formula is C16H20N2O. The smallest absolute Gasteiger partial charge is 0.137 e. The van der Waals surface area contributed by atoms with E-state index in [0.717, 1.165) is 17.7 Å². The van der Waals surface area contributed by atoms with Crippen molar-refractivity contribution >= 4 is 0 Å². The van der Waals surface area contributed by atoms with Crippen molar-refractivity contribution in [2.45, 2.75) is 19.3 Å². The van der Waals surface area contributed by atoms with E-state index < -0.39 is 0 Å². The van der Waals surface area contributed by atoms with Crippen molar-refractivity contribution in [3.63, 3.8) is 0 Å². The molecule has 1 aromatic carbocycles. The second-order valence-electron chi connectivity index (χ2n) is 4.51. The molecule has 0 saturated heterocycles. The number of rotatable bonds is 6. The molecule has 0 bridgehead atoms. The maximum Gasteiger partial charge on any atom is 0.137 e. The van der Waals surface area contributed by atoms with Crippen LogP contribution in [0.4, 0.5) is 0 Å². The number of benzene rings is 1. The zero-order valence-electron chi connectivity index (χ0n) is 11.3. The highest BCUT2D eigenvalue weighted by molar-refractivity contribution is 5.27. The monoisotopic (exact) mass is 256 g/mol. The molecule has 0 amide bonds. The molecule has 0 radical (unpaired) electrons. The Hall–Kier alpha value is -1.87. The fraction of sp³-hybridized carbons (Fsp3) is 0.312. The van der Waals surface area contributed by atoms with Crippen LogP contribution in [0.2, 0.25) is 0 Å². The van der Waals surface area contributed by atoms with E-state index in [-0.39, 0.29) is 0 Å². The van der Waals surface area contributed by atoms with Crippen molar-refractivity contribution in [1.29, 1.82) is 0 Å². The van der Waals surface area contributed by atoms with Crippen molar-refractivity contribution in [3.8, 4) is 5.75 Å². The van der Waals surface area contributed by atoms with E-state index in [1.54, 1.807) is 6.20 Å². The lowest BCUT2D eigenvalue weighted by Gasteiger charge is -2.15. The van der Waals surface area contributed by atoms with Gasteiger partial charge in [0.15, 0.2) is 0 Å². The summed E-state index contributed by atoms with van der Waals surface area (Å²) in [5.74, 6) is 1.14. The first-order valence-corrected chi connectivity index (χ1v) is 6.65. The van der Waals surface area contributed by atoms with E-state index in [1.807, 2.05) is 37.4 Å². The summed E-state index contributed by atoms with van der Waals surface area (Å²) in [7, 11) is 0. The summed E-state index contributed by atoms with van der Waals surface area (Å²) < 4.78 is 5.47. The first-order valence-electron chi connectivity index (χ1n) is 6.65. The lowest BCUT2D eigenvalue weighted by molar-refractivity contribution is 0.338. The minimum atomic E-state index is 0.319. The van der Waals surface area contributed by atoms with E-state index in [4.69, 9.17) is 10.5 Å². The quantitative estimate of drug-likeness (QED) is 0.864. The Morgan fingerprint density at radius 3 is 2.68 bits per heavy atom. The van der Waals surface area contributed by atoms with Gasteiger partial charge in [0.05, 0.1) is 12.8 Å². The van der Waals surface area contributed by atoms with Crippen LogP contribution in [-0.4, -0.2) is 18.1 Å². The van der Waals surface area contributed by atoms with E-state index in [2.05, 4.69) is 17.1 Å². The third-order valence-electron chi connectivity index (χ3n) is 3.12. The van der Waals surface area contributed by atoms with E-state index in [0.29, 0.717) is 19.1 Å². The van der Waals surface area contributed by atoms with E-state index >= 15 is 0 Å². The van der Waals surface area contributed by atoms with Gasteiger partial charge in [0.1, 0.15) is 5.75 Å². The molecule has 19 heavy (non-hydrogen) atoms. The molecule has 2 rings (SSSR count). The van der Waals surface area contributed by atoms with Gasteiger partial charge in [-0.25, -0.2) is 0 Å². The molecule has 0 aliphatic rings. The van der Waals surface area contributed by atoms with Crippen molar-refractivity contribution in [3.05, 3.63) is 59.9 Å². The van der Waals surface area contributed by atoms with E-state index in [9.17, 15) is 0 Å². The van der Waals surface area contributed by atoms with Gasteiger partial charge in [0.25, 0.3) is 0 Å². The lowest BCUT2D eigenvalue weighted by atomic mass is 9.93. The molecule has 0 spiro atoms. The summed E-state index contributed by atoms with van der Waals surface area (Å²) in [6.45, 7) is 3.26. The third-order valence-corrected chi connectivity index (χ3v) is 3.12. The highest BCUT2D eigenvalue weighted by Crippen LogP contribution is 2.21. The fourth-order valence-corrected chi connectivity index (χ4v) is 2.17. The number of ether oxygens (including phenoxy) is 1. The van der Waals surface area contributed by atoms with Gasteiger partial charge in [0, 0.05) is 12.1 Å². The summed E-state index contributed by atoms with van der Waals surface area (Å²) in [5.41, 5.74) is 8.33. The van der Waals surface area contributed by atoms with Gasteiger partial charge in [-0.2, -0.15) is 0 Å². The maximum atomic E-state index is 5.90. The second kappa shape index (κ2) is 6.90. The normalized spacial score (nSPS) is 12.1. The van der Waals surface area contributed by atoms with Crippen LogP contribution in [0.1, 0.15) is 24.0 Å². The zero-order chi connectivity index (χ0) is 13.5. The van der Waals surface area contributed by atoms with Gasteiger partial charge in [-0.3, -0.25) is 4.98 Å². The number of pyridine rings is 1. The number of nitrogens with zero attached hydrogens (tertiary/aromatic N) is 1. The predicted octanol–water partition coefficient (Wildman–Crippen LogP) is 2.77. The van der Waals surface area contributed by atoms with Crippen LogP contribution in [0.25, 0.3) is 0 Å². The Bertz CT molecular complexity index is 499. The number of aromatic nitrogens is 1. The molecule has 2 aromatic rings. The lowest BCUT2D eigenvalue weighted by Crippen LogP contribution is -2.15. The highest BCUT2D eigenvalue weighted by Gasteiger charge is 2.11. The van der Waals surface area contributed by atoms with Crippen molar-refractivity contribution in [2.75, 3.05) is 13.2 Å². The topological polar surface area (TPSA) is 48.1 Å². The Morgan fingerprint density at radius 1 is 1.21 bits per heavy atom. The summed E-state index contributed by atoms with van der Waals surface area (Å²) in [5, 5.41) is 0. The van der Waals surface area contributed by atoms with E-state index in [1.165, 1.54) is 5.56 Å². The van der Waals surface area contributed by atoms with Crippen LogP contribution in [-0.2, 0) is 6.42 Å². The Balaban J connectivity index is 2.12.